The molecule has 0 unspecified atom stereocenters. The van der Waals surface area contributed by atoms with Crippen LogP contribution in [0.3, 0.4) is 0 Å². The summed E-state index contributed by atoms with van der Waals surface area (Å²) in [4.78, 5) is 17.6. The van der Waals surface area contributed by atoms with Crippen LogP contribution >= 0.6 is 0 Å². The zero-order valence-electron chi connectivity index (χ0n) is 15.3. The Kier molecular flexibility index (Phi) is 4.50. The zero-order valence-corrected chi connectivity index (χ0v) is 15.3. The van der Waals surface area contributed by atoms with Gasteiger partial charge in [0, 0.05) is 42.9 Å². The minimum absolute atomic E-state index is 0.190. The Hall–Kier alpha value is -1.88. The molecule has 1 aromatic carbocycles. The monoisotopic (exact) mass is 340 g/mol. The average molecular weight is 340 g/mol. The first-order chi connectivity index (χ1) is 12.1. The lowest BCUT2D eigenvalue weighted by Gasteiger charge is -2.33. The number of amides is 1. The molecule has 1 aromatic rings. The van der Waals surface area contributed by atoms with E-state index >= 15 is 0 Å². The van der Waals surface area contributed by atoms with Gasteiger partial charge in [-0.05, 0) is 70.5 Å². The maximum Gasteiger partial charge on any atom is 0.254 e. The number of likely N-dealkylation sites (N-methyl/N-ethyl adjacent to an activating group) is 1. The molecule has 2 fully saturated rings. The van der Waals surface area contributed by atoms with Crippen molar-refractivity contribution in [3.8, 4) is 0 Å². The number of carbonyl (C=O) groups excluding carboxylic acids is 1. The molecule has 2 atom stereocenters. The molecule has 0 aromatic heterocycles. The molecule has 5 heteroatoms. The predicted octanol–water partition coefficient (Wildman–Crippen LogP) is 2.97. The van der Waals surface area contributed by atoms with Crippen LogP contribution in [0.25, 0.3) is 0 Å². The lowest BCUT2D eigenvalue weighted by molar-refractivity contribution is 0.0664. The van der Waals surface area contributed by atoms with E-state index in [0.29, 0.717) is 12.1 Å². The third-order valence-corrected chi connectivity index (χ3v) is 5.97. The highest BCUT2D eigenvalue weighted by molar-refractivity contribution is 5.95. The predicted molar refractivity (Wildman–Crippen MR) is 101 cm³/mol. The van der Waals surface area contributed by atoms with E-state index in [1.807, 2.05) is 29.3 Å². The van der Waals surface area contributed by atoms with Gasteiger partial charge in [-0.1, -0.05) is 0 Å². The van der Waals surface area contributed by atoms with E-state index in [9.17, 15) is 4.79 Å². The highest BCUT2D eigenvalue weighted by Gasteiger charge is 2.38. The Morgan fingerprint density at radius 2 is 1.76 bits per heavy atom. The first kappa shape index (κ1) is 16.6. The van der Waals surface area contributed by atoms with Gasteiger partial charge in [0.05, 0.1) is 5.69 Å². The third kappa shape index (κ3) is 3.17. The Labute approximate surface area is 150 Å². The maximum absolute atomic E-state index is 13.1. The molecule has 0 bridgehead atoms. The molecule has 2 saturated heterocycles. The molecule has 4 rings (SSSR count). The van der Waals surface area contributed by atoms with E-state index in [-0.39, 0.29) is 5.91 Å². The Bertz CT molecular complexity index is 669. The van der Waals surface area contributed by atoms with Crippen LogP contribution in [0.15, 0.2) is 29.4 Å². The van der Waals surface area contributed by atoms with Crippen molar-refractivity contribution in [2.75, 3.05) is 31.7 Å². The first-order valence-electron chi connectivity index (χ1n) is 9.56. The molecule has 0 radical (unpaired) electrons. The highest BCUT2D eigenvalue weighted by Crippen LogP contribution is 2.30. The standard InChI is InChI=1S/C20H28N4O/c1-15-11-14-24(21-15)17-9-7-16(8-10-17)20(25)23-13-4-6-19(23)18-5-3-12-22(18)2/h7-10,18-19H,3-6,11-14H2,1-2H3/t18-,19+/m1/s1. The van der Waals surface area contributed by atoms with Gasteiger partial charge in [0.2, 0.25) is 0 Å². The molecule has 5 nitrogen and oxygen atoms in total. The first-order valence-corrected chi connectivity index (χ1v) is 9.56. The summed E-state index contributed by atoms with van der Waals surface area (Å²) < 4.78 is 0. The number of likely N-dealkylation sites (tertiary alicyclic amines) is 2. The Morgan fingerprint density at radius 3 is 2.40 bits per heavy atom. The van der Waals surface area contributed by atoms with E-state index in [0.717, 1.165) is 50.1 Å². The van der Waals surface area contributed by atoms with E-state index in [2.05, 4.69) is 28.9 Å². The van der Waals surface area contributed by atoms with E-state index in [1.165, 1.54) is 18.6 Å². The second-order valence-corrected chi connectivity index (χ2v) is 7.65. The van der Waals surface area contributed by atoms with Crippen molar-refractivity contribution in [1.82, 2.24) is 9.80 Å². The van der Waals surface area contributed by atoms with E-state index in [4.69, 9.17) is 0 Å². The SMILES string of the molecule is CC1=NN(c2ccc(C(=O)N3CCC[C@H]3[C@H]3CCCN3C)cc2)CC1. The van der Waals surface area contributed by atoms with E-state index < -0.39 is 0 Å². The summed E-state index contributed by atoms with van der Waals surface area (Å²) in [6.07, 6.45) is 5.76. The number of nitrogens with zero attached hydrogens (tertiary/aromatic N) is 4. The second kappa shape index (κ2) is 6.79. The van der Waals surface area contributed by atoms with Gasteiger partial charge in [0.25, 0.3) is 5.91 Å². The summed E-state index contributed by atoms with van der Waals surface area (Å²) in [5, 5.41) is 6.56. The van der Waals surface area contributed by atoms with Crippen molar-refractivity contribution in [3.63, 3.8) is 0 Å². The molecule has 0 saturated carbocycles. The number of hydrazone groups is 1. The molecular formula is C20H28N4O. The van der Waals surface area contributed by atoms with Crippen LogP contribution in [0.2, 0.25) is 0 Å². The molecule has 0 aliphatic carbocycles. The largest absolute Gasteiger partial charge is 0.334 e. The summed E-state index contributed by atoms with van der Waals surface area (Å²) >= 11 is 0. The fraction of sp³-hybridized carbons (Fsp3) is 0.600. The highest BCUT2D eigenvalue weighted by atomic mass is 16.2. The lowest BCUT2D eigenvalue weighted by Crippen LogP contribution is -2.47. The van der Waals surface area contributed by atoms with Crippen LogP contribution in [-0.2, 0) is 0 Å². The van der Waals surface area contributed by atoms with Crippen molar-refractivity contribution in [3.05, 3.63) is 29.8 Å². The molecule has 3 aliphatic rings. The van der Waals surface area contributed by atoms with E-state index in [1.54, 1.807) is 0 Å². The molecule has 3 aliphatic heterocycles. The smallest absolute Gasteiger partial charge is 0.254 e. The summed E-state index contributed by atoms with van der Waals surface area (Å²) in [6.45, 7) is 5.05. The molecule has 134 valence electrons. The molecule has 3 heterocycles. The summed E-state index contributed by atoms with van der Waals surface area (Å²) in [7, 11) is 2.20. The minimum atomic E-state index is 0.190. The van der Waals surface area contributed by atoms with Gasteiger partial charge in [-0.2, -0.15) is 5.10 Å². The van der Waals surface area contributed by atoms with Gasteiger partial charge < -0.3 is 9.80 Å². The van der Waals surface area contributed by atoms with Crippen LogP contribution in [0.4, 0.5) is 5.69 Å². The van der Waals surface area contributed by atoms with Gasteiger partial charge in [-0.3, -0.25) is 9.80 Å². The fourth-order valence-corrected chi connectivity index (χ4v) is 4.57. The average Bonchev–Trinajstić information content (AvgIpc) is 3.35. The van der Waals surface area contributed by atoms with Crippen LogP contribution in [0.5, 0.6) is 0 Å². The number of carbonyl (C=O) groups is 1. The van der Waals surface area contributed by atoms with Crippen molar-refractivity contribution in [2.45, 2.75) is 51.1 Å². The number of anilines is 1. The third-order valence-electron chi connectivity index (χ3n) is 5.97. The molecular weight excluding hydrogens is 312 g/mol. The lowest BCUT2D eigenvalue weighted by atomic mass is 10.0. The number of benzene rings is 1. The summed E-state index contributed by atoms with van der Waals surface area (Å²) in [6, 6.07) is 8.91. The van der Waals surface area contributed by atoms with Crippen molar-refractivity contribution < 1.29 is 4.79 Å². The van der Waals surface area contributed by atoms with Crippen molar-refractivity contribution >= 4 is 17.3 Å². The normalized spacial score (nSPS) is 27.2. The minimum Gasteiger partial charge on any atom is -0.334 e. The topological polar surface area (TPSA) is 39.2 Å². The van der Waals surface area contributed by atoms with Gasteiger partial charge in [0.15, 0.2) is 0 Å². The van der Waals surface area contributed by atoms with Crippen molar-refractivity contribution in [1.29, 1.82) is 0 Å². The van der Waals surface area contributed by atoms with Gasteiger partial charge in [-0.25, -0.2) is 0 Å². The Morgan fingerprint density at radius 1 is 1.04 bits per heavy atom. The fourth-order valence-electron chi connectivity index (χ4n) is 4.57. The maximum atomic E-state index is 13.1. The van der Waals surface area contributed by atoms with Crippen LogP contribution in [-0.4, -0.2) is 60.2 Å². The summed E-state index contributed by atoms with van der Waals surface area (Å²) in [5.41, 5.74) is 3.04. The van der Waals surface area contributed by atoms with Crippen LogP contribution in [0, 0.1) is 0 Å². The number of hydrogen-bond donors (Lipinski definition) is 0. The number of hydrogen-bond acceptors (Lipinski definition) is 4. The summed E-state index contributed by atoms with van der Waals surface area (Å²) in [5.74, 6) is 0.190. The Balaban J connectivity index is 1.48. The zero-order chi connectivity index (χ0) is 17.4. The second-order valence-electron chi connectivity index (χ2n) is 7.65. The molecule has 0 N–H and O–H groups in total. The molecule has 25 heavy (non-hydrogen) atoms. The van der Waals surface area contributed by atoms with Crippen LogP contribution < -0.4 is 5.01 Å². The van der Waals surface area contributed by atoms with Gasteiger partial charge in [-0.15, -0.1) is 0 Å². The van der Waals surface area contributed by atoms with Crippen molar-refractivity contribution in [2.24, 2.45) is 5.10 Å². The quantitative estimate of drug-likeness (QED) is 0.849. The number of rotatable bonds is 3. The van der Waals surface area contributed by atoms with Crippen LogP contribution in [0.1, 0.15) is 49.4 Å². The van der Waals surface area contributed by atoms with Gasteiger partial charge in [0.1, 0.15) is 0 Å². The van der Waals surface area contributed by atoms with Gasteiger partial charge >= 0.3 is 0 Å². The molecule has 0 spiro atoms. The molecule has 1 amide bonds.